The van der Waals surface area contributed by atoms with Crippen LogP contribution in [-0.2, 0) is 10.5 Å². The molecule has 29 heavy (non-hydrogen) atoms. The lowest BCUT2D eigenvalue weighted by Crippen LogP contribution is -2.25. The van der Waals surface area contributed by atoms with Gasteiger partial charge in [0.2, 0.25) is 5.88 Å². The normalized spacial score (nSPS) is 10.8. The fourth-order valence-corrected chi connectivity index (χ4v) is 3.17. The summed E-state index contributed by atoms with van der Waals surface area (Å²) in [6.07, 6.45) is 1.36. The number of nitrogens with zero attached hydrogens (tertiary/aromatic N) is 3. The number of rotatable bonds is 8. The molecular weight excluding hydrogens is 388 g/mol. The van der Waals surface area contributed by atoms with Crippen molar-refractivity contribution in [3.63, 3.8) is 0 Å². The summed E-state index contributed by atoms with van der Waals surface area (Å²) < 4.78 is 5.47. The van der Waals surface area contributed by atoms with Gasteiger partial charge in [-0.15, -0.1) is 0 Å². The average molecular weight is 408 g/mol. The standard InChI is InChI=1S/C21H20N4O3S/c1-15-11-20(24-21(23-15)29-14-16-7-3-2-4-8-16)28-13-19(27)25-22-12-17-9-5-6-10-18(17)26/h2-12,26H,13-14H2,1H3,(H,25,27)/b22-12+. The molecule has 1 amide bonds. The van der Waals surface area contributed by atoms with Crippen molar-refractivity contribution >= 4 is 23.9 Å². The van der Waals surface area contributed by atoms with Crippen LogP contribution >= 0.6 is 11.8 Å². The topological polar surface area (TPSA) is 96.7 Å². The fraction of sp³-hybridized carbons (Fsp3) is 0.143. The Morgan fingerprint density at radius 3 is 2.72 bits per heavy atom. The number of nitrogens with one attached hydrogen (secondary N) is 1. The van der Waals surface area contributed by atoms with E-state index < -0.39 is 5.91 Å². The molecule has 8 heteroatoms. The number of aryl methyl sites for hydroxylation is 1. The largest absolute Gasteiger partial charge is 0.507 e. The third kappa shape index (κ3) is 6.62. The quantitative estimate of drug-likeness (QED) is 0.257. The maximum absolute atomic E-state index is 11.9. The van der Waals surface area contributed by atoms with Gasteiger partial charge in [0.1, 0.15) is 5.75 Å². The van der Waals surface area contributed by atoms with Gasteiger partial charge in [0, 0.05) is 23.1 Å². The van der Waals surface area contributed by atoms with Crippen LogP contribution in [0, 0.1) is 6.92 Å². The molecule has 0 unspecified atom stereocenters. The van der Waals surface area contributed by atoms with E-state index in [1.54, 1.807) is 24.3 Å². The van der Waals surface area contributed by atoms with Crippen molar-refractivity contribution in [2.24, 2.45) is 5.10 Å². The van der Waals surface area contributed by atoms with Crippen molar-refractivity contribution in [3.05, 3.63) is 77.5 Å². The first-order chi connectivity index (χ1) is 14.1. The Hall–Kier alpha value is -3.39. The lowest BCUT2D eigenvalue weighted by molar-refractivity contribution is -0.123. The Labute approximate surface area is 172 Å². The van der Waals surface area contributed by atoms with Crippen LogP contribution in [0.15, 0.2) is 70.9 Å². The zero-order valence-corrected chi connectivity index (χ0v) is 16.6. The van der Waals surface area contributed by atoms with Gasteiger partial charge in [-0.25, -0.2) is 10.4 Å². The van der Waals surface area contributed by atoms with Crippen molar-refractivity contribution in [1.29, 1.82) is 0 Å². The number of aromatic nitrogens is 2. The molecule has 0 saturated carbocycles. The van der Waals surface area contributed by atoms with E-state index in [0.29, 0.717) is 16.6 Å². The zero-order valence-electron chi connectivity index (χ0n) is 15.8. The molecule has 3 aromatic rings. The van der Waals surface area contributed by atoms with E-state index in [4.69, 9.17) is 4.74 Å². The van der Waals surface area contributed by atoms with Gasteiger partial charge in [0.15, 0.2) is 11.8 Å². The van der Waals surface area contributed by atoms with Crippen molar-refractivity contribution in [2.45, 2.75) is 17.8 Å². The van der Waals surface area contributed by atoms with Crippen LogP contribution in [0.1, 0.15) is 16.8 Å². The van der Waals surface area contributed by atoms with Gasteiger partial charge in [0.05, 0.1) is 6.21 Å². The first-order valence-electron chi connectivity index (χ1n) is 8.85. The van der Waals surface area contributed by atoms with E-state index in [1.807, 2.05) is 37.3 Å². The summed E-state index contributed by atoms with van der Waals surface area (Å²) in [6.45, 7) is 1.61. The number of ether oxygens (including phenoxy) is 1. The molecule has 0 radical (unpaired) electrons. The Morgan fingerprint density at radius 2 is 1.93 bits per heavy atom. The first kappa shape index (κ1) is 20.3. The Balaban J connectivity index is 1.51. The molecule has 0 aliphatic heterocycles. The molecule has 7 nitrogen and oxygen atoms in total. The van der Waals surface area contributed by atoms with Crippen molar-refractivity contribution < 1.29 is 14.6 Å². The molecule has 3 rings (SSSR count). The smallest absolute Gasteiger partial charge is 0.278 e. The summed E-state index contributed by atoms with van der Waals surface area (Å²) in [5.74, 6) is 0.712. The van der Waals surface area contributed by atoms with Crippen molar-refractivity contribution in [1.82, 2.24) is 15.4 Å². The fourth-order valence-electron chi connectivity index (χ4n) is 2.32. The van der Waals surface area contributed by atoms with E-state index in [9.17, 15) is 9.90 Å². The highest BCUT2D eigenvalue weighted by Crippen LogP contribution is 2.22. The lowest BCUT2D eigenvalue weighted by atomic mass is 10.2. The van der Waals surface area contributed by atoms with Crippen LogP contribution in [0.3, 0.4) is 0 Å². The van der Waals surface area contributed by atoms with Crippen molar-refractivity contribution in [2.75, 3.05) is 6.61 Å². The van der Waals surface area contributed by atoms with E-state index in [-0.39, 0.29) is 12.4 Å². The molecule has 0 spiro atoms. The third-order valence-electron chi connectivity index (χ3n) is 3.70. The monoisotopic (exact) mass is 408 g/mol. The predicted octanol–water partition coefficient (Wildman–Crippen LogP) is 3.31. The van der Waals surface area contributed by atoms with Crippen LogP contribution in [0.5, 0.6) is 11.6 Å². The number of para-hydroxylation sites is 1. The Morgan fingerprint density at radius 1 is 1.17 bits per heavy atom. The number of carbonyl (C=O) groups excluding carboxylic acids is 1. The second-order valence-corrected chi connectivity index (χ2v) is 6.99. The molecule has 148 valence electrons. The van der Waals surface area contributed by atoms with Crippen LogP contribution in [0.25, 0.3) is 0 Å². The van der Waals surface area contributed by atoms with Crippen LogP contribution in [0.4, 0.5) is 0 Å². The Bertz CT molecular complexity index is 996. The van der Waals surface area contributed by atoms with Crippen molar-refractivity contribution in [3.8, 4) is 11.6 Å². The highest BCUT2D eigenvalue weighted by molar-refractivity contribution is 7.98. The molecule has 0 aliphatic carbocycles. The number of phenolic OH excluding ortho intramolecular Hbond substituents is 1. The van der Waals surface area contributed by atoms with E-state index in [1.165, 1.54) is 29.6 Å². The molecule has 0 fully saturated rings. The van der Waals surface area contributed by atoms with Gasteiger partial charge < -0.3 is 9.84 Å². The average Bonchev–Trinajstić information content (AvgIpc) is 2.73. The summed E-state index contributed by atoms with van der Waals surface area (Å²) in [4.78, 5) is 20.6. The van der Waals surface area contributed by atoms with Gasteiger partial charge in [-0.3, -0.25) is 4.79 Å². The number of amides is 1. The van der Waals surface area contributed by atoms with Gasteiger partial charge in [0.25, 0.3) is 5.91 Å². The summed E-state index contributed by atoms with van der Waals surface area (Å²) in [5, 5.41) is 14.0. The number of hydrogen-bond donors (Lipinski definition) is 2. The van der Waals surface area contributed by atoms with Crippen LogP contribution in [-0.4, -0.2) is 33.8 Å². The van der Waals surface area contributed by atoms with Gasteiger partial charge in [-0.05, 0) is 24.6 Å². The number of aromatic hydroxyl groups is 1. The molecule has 2 N–H and O–H groups in total. The number of carbonyl (C=O) groups is 1. The summed E-state index contributed by atoms with van der Waals surface area (Å²) in [7, 11) is 0. The number of hydrazone groups is 1. The molecule has 0 aliphatic rings. The van der Waals surface area contributed by atoms with Crippen LogP contribution in [0.2, 0.25) is 0 Å². The van der Waals surface area contributed by atoms with E-state index in [0.717, 1.165) is 11.4 Å². The second kappa shape index (κ2) is 10.2. The third-order valence-corrected chi connectivity index (χ3v) is 4.62. The Kier molecular flexibility index (Phi) is 7.18. The molecule has 1 aromatic heterocycles. The second-order valence-electron chi connectivity index (χ2n) is 6.05. The van der Waals surface area contributed by atoms with Gasteiger partial charge >= 0.3 is 0 Å². The maximum Gasteiger partial charge on any atom is 0.278 e. The highest BCUT2D eigenvalue weighted by atomic mass is 32.2. The molecule has 0 bridgehead atoms. The molecular formula is C21H20N4O3S. The maximum atomic E-state index is 11.9. The van der Waals surface area contributed by atoms with E-state index >= 15 is 0 Å². The highest BCUT2D eigenvalue weighted by Gasteiger charge is 2.07. The van der Waals surface area contributed by atoms with Crippen LogP contribution < -0.4 is 10.2 Å². The summed E-state index contributed by atoms with van der Waals surface area (Å²) in [6, 6.07) is 18.4. The molecule has 1 heterocycles. The van der Waals surface area contributed by atoms with Gasteiger partial charge in [-0.2, -0.15) is 10.1 Å². The molecule has 0 saturated heterocycles. The summed E-state index contributed by atoms with van der Waals surface area (Å²) in [5.41, 5.74) is 4.78. The lowest BCUT2D eigenvalue weighted by Gasteiger charge is -2.07. The van der Waals surface area contributed by atoms with E-state index in [2.05, 4.69) is 20.5 Å². The minimum atomic E-state index is -0.438. The summed E-state index contributed by atoms with van der Waals surface area (Å²) >= 11 is 1.50. The number of benzene rings is 2. The number of hydrogen-bond acceptors (Lipinski definition) is 7. The SMILES string of the molecule is Cc1cc(OCC(=O)N/N=C/c2ccccc2O)nc(SCc2ccccc2)n1. The number of phenols is 1. The number of thioether (sulfide) groups is 1. The first-order valence-corrected chi connectivity index (χ1v) is 9.84. The minimum absolute atomic E-state index is 0.0822. The predicted molar refractivity (Wildman–Crippen MR) is 112 cm³/mol. The molecule has 2 aromatic carbocycles. The minimum Gasteiger partial charge on any atom is -0.507 e. The zero-order chi connectivity index (χ0) is 20.5. The van der Waals surface area contributed by atoms with Gasteiger partial charge in [-0.1, -0.05) is 54.2 Å². The molecule has 0 atom stereocenters.